The molecule has 0 spiro atoms. The van der Waals surface area contributed by atoms with Gasteiger partial charge in [-0.3, -0.25) is 0 Å². The molecule has 0 saturated heterocycles. The molecule has 0 fully saturated rings. The van der Waals surface area contributed by atoms with E-state index >= 15 is 0 Å². The molecular formula is C12H17Cl2NO. The van der Waals surface area contributed by atoms with Crippen LogP contribution in [0.2, 0.25) is 10.0 Å². The molecule has 4 heteroatoms. The Morgan fingerprint density at radius 2 is 1.75 bits per heavy atom. The van der Waals surface area contributed by atoms with E-state index in [-0.39, 0.29) is 18.6 Å². The molecule has 0 aliphatic carbocycles. The molecule has 0 aliphatic rings. The van der Waals surface area contributed by atoms with Crippen LogP contribution in [-0.4, -0.2) is 18.3 Å². The molecule has 2 N–H and O–H groups in total. The van der Waals surface area contributed by atoms with Gasteiger partial charge in [0.15, 0.2) is 0 Å². The first kappa shape index (κ1) is 13.8. The van der Waals surface area contributed by atoms with E-state index < -0.39 is 0 Å². The summed E-state index contributed by atoms with van der Waals surface area (Å²) >= 11 is 11.9. The van der Waals surface area contributed by atoms with Crippen molar-refractivity contribution in [3.8, 4) is 0 Å². The highest BCUT2D eigenvalue weighted by molar-refractivity contribution is 6.34. The van der Waals surface area contributed by atoms with Crippen molar-refractivity contribution in [2.45, 2.75) is 19.9 Å². The van der Waals surface area contributed by atoms with Crippen LogP contribution in [0.3, 0.4) is 0 Å². The third-order valence-corrected chi connectivity index (χ3v) is 2.91. The summed E-state index contributed by atoms with van der Waals surface area (Å²) in [6.45, 7) is 4.99. The maximum atomic E-state index is 8.92. The van der Waals surface area contributed by atoms with Crippen LogP contribution < -0.4 is 5.32 Å². The highest BCUT2D eigenvalue weighted by atomic mass is 35.5. The summed E-state index contributed by atoms with van der Waals surface area (Å²) in [5.41, 5.74) is 1.06. The Morgan fingerprint density at radius 3 is 2.25 bits per heavy atom. The van der Waals surface area contributed by atoms with Gasteiger partial charge in [0.05, 0.1) is 0 Å². The van der Waals surface area contributed by atoms with E-state index in [0.717, 1.165) is 12.1 Å². The van der Waals surface area contributed by atoms with Crippen LogP contribution in [0.1, 0.15) is 25.5 Å². The van der Waals surface area contributed by atoms with E-state index in [1.165, 1.54) is 0 Å². The van der Waals surface area contributed by atoms with Gasteiger partial charge in [0.25, 0.3) is 0 Å². The standard InChI is InChI=1S/C12H17Cl2NO/c1-8(7-16)6-15-9(2)10-3-11(13)5-12(14)4-10/h3-5,8-9,15-16H,6-7H2,1-2H3. The lowest BCUT2D eigenvalue weighted by atomic mass is 10.1. The fourth-order valence-electron chi connectivity index (χ4n) is 1.39. The van der Waals surface area contributed by atoms with Crippen molar-refractivity contribution in [1.29, 1.82) is 0 Å². The smallest absolute Gasteiger partial charge is 0.0468 e. The molecule has 16 heavy (non-hydrogen) atoms. The first-order chi connectivity index (χ1) is 7.52. The third kappa shape index (κ3) is 4.30. The van der Waals surface area contributed by atoms with Crippen LogP contribution in [-0.2, 0) is 0 Å². The monoisotopic (exact) mass is 261 g/mol. The second-order valence-corrected chi connectivity index (χ2v) is 4.99. The number of hydrogen-bond acceptors (Lipinski definition) is 2. The molecule has 0 heterocycles. The Kier molecular flexibility index (Phi) is 5.56. The highest BCUT2D eigenvalue weighted by Gasteiger charge is 2.08. The van der Waals surface area contributed by atoms with Gasteiger partial charge in [-0.1, -0.05) is 30.1 Å². The van der Waals surface area contributed by atoms with Crippen LogP contribution in [0, 0.1) is 5.92 Å². The van der Waals surface area contributed by atoms with Crippen molar-refractivity contribution in [1.82, 2.24) is 5.32 Å². The van der Waals surface area contributed by atoms with Gasteiger partial charge in [-0.25, -0.2) is 0 Å². The summed E-state index contributed by atoms with van der Waals surface area (Å²) in [5, 5.41) is 13.5. The van der Waals surface area contributed by atoms with Crippen LogP contribution in [0.4, 0.5) is 0 Å². The van der Waals surface area contributed by atoms with Gasteiger partial charge in [0, 0.05) is 29.2 Å². The summed E-state index contributed by atoms with van der Waals surface area (Å²) in [6.07, 6.45) is 0. The van der Waals surface area contributed by atoms with Gasteiger partial charge in [0.1, 0.15) is 0 Å². The number of aliphatic hydroxyl groups excluding tert-OH is 1. The summed E-state index contributed by atoms with van der Waals surface area (Å²) in [6, 6.07) is 5.68. The highest BCUT2D eigenvalue weighted by Crippen LogP contribution is 2.23. The number of benzene rings is 1. The average Bonchev–Trinajstić information content (AvgIpc) is 2.23. The van der Waals surface area contributed by atoms with Crippen molar-refractivity contribution in [3.05, 3.63) is 33.8 Å². The SMILES string of the molecule is CC(CO)CNC(C)c1cc(Cl)cc(Cl)c1. The second-order valence-electron chi connectivity index (χ2n) is 4.12. The molecule has 0 aliphatic heterocycles. The number of hydrogen-bond donors (Lipinski definition) is 2. The molecular weight excluding hydrogens is 245 g/mol. The predicted octanol–water partition coefficient (Wildman–Crippen LogP) is 3.27. The minimum absolute atomic E-state index is 0.171. The molecule has 1 aromatic carbocycles. The van der Waals surface area contributed by atoms with Gasteiger partial charge >= 0.3 is 0 Å². The first-order valence-electron chi connectivity index (χ1n) is 5.33. The molecule has 0 saturated carbocycles. The summed E-state index contributed by atoms with van der Waals surface area (Å²) in [5.74, 6) is 0.247. The Morgan fingerprint density at radius 1 is 1.19 bits per heavy atom. The molecule has 2 nitrogen and oxygen atoms in total. The quantitative estimate of drug-likeness (QED) is 0.853. The molecule has 0 bridgehead atoms. The van der Waals surface area contributed by atoms with E-state index in [0.29, 0.717) is 10.0 Å². The van der Waals surface area contributed by atoms with Crippen LogP contribution in [0.15, 0.2) is 18.2 Å². The van der Waals surface area contributed by atoms with E-state index in [2.05, 4.69) is 5.32 Å². The lowest BCUT2D eigenvalue weighted by molar-refractivity contribution is 0.231. The molecule has 2 atom stereocenters. The topological polar surface area (TPSA) is 32.3 Å². The number of nitrogens with one attached hydrogen (secondary N) is 1. The normalized spacial score (nSPS) is 14.8. The second kappa shape index (κ2) is 6.45. The van der Waals surface area contributed by atoms with Crippen LogP contribution in [0.5, 0.6) is 0 Å². The van der Waals surface area contributed by atoms with Gasteiger partial charge < -0.3 is 10.4 Å². The van der Waals surface area contributed by atoms with Crippen molar-refractivity contribution < 1.29 is 5.11 Å². The van der Waals surface area contributed by atoms with E-state index in [1.54, 1.807) is 6.07 Å². The van der Waals surface area contributed by atoms with Crippen LogP contribution >= 0.6 is 23.2 Å². The number of halogens is 2. The Labute approximate surface area is 107 Å². The molecule has 90 valence electrons. The summed E-state index contributed by atoms with van der Waals surface area (Å²) in [4.78, 5) is 0. The maximum Gasteiger partial charge on any atom is 0.0468 e. The maximum absolute atomic E-state index is 8.92. The van der Waals surface area contributed by atoms with Gasteiger partial charge in [-0.2, -0.15) is 0 Å². The third-order valence-electron chi connectivity index (χ3n) is 2.47. The predicted molar refractivity (Wildman–Crippen MR) is 69.1 cm³/mol. The zero-order valence-corrected chi connectivity index (χ0v) is 11.0. The minimum Gasteiger partial charge on any atom is -0.396 e. The zero-order chi connectivity index (χ0) is 12.1. The first-order valence-corrected chi connectivity index (χ1v) is 6.08. The zero-order valence-electron chi connectivity index (χ0n) is 9.50. The van der Waals surface area contributed by atoms with Gasteiger partial charge in [-0.05, 0) is 36.6 Å². The molecule has 0 amide bonds. The van der Waals surface area contributed by atoms with Gasteiger partial charge in [0.2, 0.25) is 0 Å². The van der Waals surface area contributed by atoms with Crippen molar-refractivity contribution >= 4 is 23.2 Å². The molecule has 2 unspecified atom stereocenters. The van der Waals surface area contributed by atoms with Crippen molar-refractivity contribution in [3.63, 3.8) is 0 Å². The number of aliphatic hydroxyl groups is 1. The fraction of sp³-hybridized carbons (Fsp3) is 0.500. The van der Waals surface area contributed by atoms with Gasteiger partial charge in [-0.15, -0.1) is 0 Å². The molecule has 0 radical (unpaired) electrons. The van der Waals surface area contributed by atoms with Crippen molar-refractivity contribution in [2.75, 3.05) is 13.2 Å². The van der Waals surface area contributed by atoms with Crippen molar-refractivity contribution in [2.24, 2.45) is 5.92 Å². The Bertz CT molecular complexity index is 324. The van der Waals surface area contributed by atoms with E-state index in [9.17, 15) is 0 Å². The van der Waals surface area contributed by atoms with E-state index in [1.807, 2.05) is 26.0 Å². The Hall–Kier alpha value is -0.280. The summed E-state index contributed by atoms with van der Waals surface area (Å²) < 4.78 is 0. The minimum atomic E-state index is 0.171. The summed E-state index contributed by atoms with van der Waals surface area (Å²) in [7, 11) is 0. The molecule has 1 aromatic rings. The number of rotatable bonds is 5. The van der Waals surface area contributed by atoms with E-state index in [4.69, 9.17) is 28.3 Å². The molecule has 0 aromatic heterocycles. The average molecular weight is 262 g/mol. The molecule has 1 rings (SSSR count). The Balaban J connectivity index is 2.62. The largest absolute Gasteiger partial charge is 0.396 e. The lowest BCUT2D eigenvalue weighted by Crippen LogP contribution is -2.26. The fourth-order valence-corrected chi connectivity index (χ4v) is 1.93. The van der Waals surface area contributed by atoms with Crippen LogP contribution in [0.25, 0.3) is 0 Å². The lowest BCUT2D eigenvalue weighted by Gasteiger charge is -2.17.